The second-order valence-electron chi connectivity index (χ2n) is 3.85. The van der Waals surface area contributed by atoms with Crippen LogP contribution in [0.4, 0.5) is 26.3 Å². The maximum atomic E-state index is 13.2. The average Bonchev–Trinajstić information content (AvgIpc) is 2.14. The molecule has 2 unspecified atom stereocenters. The molecule has 0 aromatic carbocycles. The molecule has 2 fully saturated rings. The van der Waals surface area contributed by atoms with E-state index in [4.69, 9.17) is 0 Å². The Labute approximate surface area is 91.6 Å². The molecule has 2 aliphatic rings. The van der Waals surface area contributed by atoms with Crippen LogP contribution in [0.15, 0.2) is 0 Å². The standard InChI is InChI=1S/C8H8F6O3/c1-3-15-4(2)17-8(16-3)6(11,12)5(9,10)7(8,13)14/h3-4H,1-2H3. The molecule has 100 valence electrons. The van der Waals surface area contributed by atoms with E-state index >= 15 is 0 Å². The van der Waals surface area contributed by atoms with Crippen molar-refractivity contribution in [2.75, 3.05) is 0 Å². The largest absolute Gasteiger partial charge is 0.383 e. The van der Waals surface area contributed by atoms with Crippen molar-refractivity contribution in [1.29, 1.82) is 0 Å². The van der Waals surface area contributed by atoms with Gasteiger partial charge in [0, 0.05) is 0 Å². The Bertz CT molecular complexity index is 314. The molecule has 17 heavy (non-hydrogen) atoms. The van der Waals surface area contributed by atoms with Gasteiger partial charge in [-0.25, -0.2) is 0 Å². The lowest BCUT2D eigenvalue weighted by Gasteiger charge is -2.59. The molecule has 2 rings (SSSR count). The molecule has 1 aliphatic heterocycles. The van der Waals surface area contributed by atoms with Gasteiger partial charge in [0.25, 0.3) is 0 Å². The van der Waals surface area contributed by atoms with Gasteiger partial charge in [-0.2, -0.15) is 26.3 Å². The second kappa shape index (κ2) is 3.07. The highest BCUT2D eigenvalue weighted by Crippen LogP contribution is 2.69. The molecule has 1 saturated heterocycles. The van der Waals surface area contributed by atoms with E-state index in [9.17, 15) is 26.3 Å². The third-order valence-corrected chi connectivity index (χ3v) is 2.66. The van der Waals surface area contributed by atoms with Crippen LogP contribution in [0.5, 0.6) is 0 Å². The molecule has 0 aromatic heterocycles. The number of halogens is 6. The normalized spacial score (nSPS) is 40.9. The number of rotatable bonds is 0. The van der Waals surface area contributed by atoms with E-state index in [1.807, 2.05) is 0 Å². The van der Waals surface area contributed by atoms with Gasteiger partial charge < -0.3 is 14.2 Å². The number of hydrogen-bond acceptors (Lipinski definition) is 3. The molecule has 1 spiro atoms. The van der Waals surface area contributed by atoms with E-state index in [-0.39, 0.29) is 0 Å². The first-order chi connectivity index (χ1) is 7.49. The minimum absolute atomic E-state index is 1.03. The third kappa shape index (κ3) is 1.14. The van der Waals surface area contributed by atoms with Gasteiger partial charge in [0.05, 0.1) is 0 Å². The molecule has 3 nitrogen and oxygen atoms in total. The third-order valence-electron chi connectivity index (χ3n) is 2.66. The molecule has 1 saturated carbocycles. The summed E-state index contributed by atoms with van der Waals surface area (Å²) in [5, 5.41) is 0. The van der Waals surface area contributed by atoms with Crippen molar-refractivity contribution in [3.63, 3.8) is 0 Å². The summed E-state index contributed by atoms with van der Waals surface area (Å²) < 4.78 is 90.9. The maximum Gasteiger partial charge on any atom is 0.383 e. The van der Waals surface area contributed by atoms with E-state index in [1.165, 1.54) is 0 Å². The molecule has 1 aliphatic carbocycles. The Morgan fingerprint density at radius 1 is 0.706 bits per heavy atom. The summed E-state index contributed by atoms with van der Waals surface area (Å²) in [6.07, 6.45) is -3.02. The Hall–Kier alpha value is -0.540. The second-order valence-corrected chi connectivity index (χ2v) is 3.85. The maximum absolute atomic E-state index is 13.2. The Morgan fingerprint density at radius 3 is 1.41 bits per heavy atom. The first kappa shape index (κ1) is 12.9. The molecule has 0 bridgehead atoms. The summed E-state index contributed by atoms with van der Waals surface area (Å²) in [5.74, 6) is -19.7. The minimum atomic E-state index is -5.52. The van der Waals surface area contributed by atoms with Crippen LogP contribution in [0.3, 0.4) is 0 Å². The molecule has 2 atom stereocenters. The van der Waals surface area contributed by atoms with Gasteiger partial charge in [-0.3, -0.25) is 0 Å². The molecular weight excluding hydrogens is 258 g/mol. The number of alkyl halides is 6. The van der Waals surface area contributed by atoms with Crippen LogP contribution in [0.1, 0.15) is 13.8 Å². The minimum Gasteiger partial charge on any atom is -0.324 e. The summed E-state index contributed by atoms with van der Waals surface area (Å²) in [6.45, 7) is 2.06. The topological polar surface area (TPSA) is 27.7 Å². The Balaban J connectivity index is 2.44. The molecule has 0 radical (unpaired) electrons. The molecule has 9 heteroatoms. The van der Waals surface area contributed by atoms with Crippen LogP contribution in [-0.4, -0.2) is 36.1 Å². The molecule has 1 heterocycles. The Morgan fingerprint density at radius 2 is 1.06 bits per heavy atom. The van der Waals surface area contributed by atoms with Gasteiger partial charge in [-0.1, -0.05) is 0 Å². The Kier molecular flexibility index (Phi) is 2.33. The van der Waals surface area contributed by atoms with E-state index in [0.717, 1.165) is 13.8 Å². The number of ether oxygens (including phenoxy) is 3. The zero-order valence-electron chi connectivity index (χ0n) is 8.65. The van der Waals surface area contributed by atoms with Gasteiger partial charge in [0.1, 0.15) is 0 Å². The van der Waals surface area contributed by atoms with Crippen LogP contribution >= 0.6 is 0 Å². The zero-order chi connectivity index (χ0) is 13.3. The van der Waals surface area contributed by atoms with Crippen LogP contribution < -0.4 is 0 Å². The van der Waals surface area contributed by atoms with E-state index in [0.29, 0.717) is 0 Å². The van der Waals surface area contributed by atoms with Crippen LogP contribution in [0.2, 0.25) is 0 Å². The summed E-state index contributed by atoms with van der Waals surface area (Å²) in [5.41, 5.74) is 0. The van der Waals surface area contributed by atoms with Crippen LogP contribution in [0, 0.1) is 0 Å². The molecule has 0 N–H and O–H groups in total. The monoisotopic (exact) mass is 266 g/mol. The molecule has 0 aromatic rings. The highest BCUT2D eigenvalue weighted by molar-refractivity contribution is 5.24. The highest BCUT2D eigenvalue weighted by atomic mass is 19.4. The quantitative estimate of drug-likeness (QED) is 0.630. The van der Waals surface area contributed by atoms with Crippen molar-refractivity contribution >= 4 is 0 Å². The zero-order valence-corrected chi connectivity index (χ0v) is 8.65. The van der Waals surface area contributed by atoms with E-state index < -0.39 is 36.1 Å². The van der Waals surface area contributed by atoms with Crippen LogP contribution in [-0.2, 0) is 14.2 Å². The lowest BCUT2D eigenvalue weighted by molar-refractivity contribution is -0.606. The van der Waals surface area contributed by atoms with E-state index in [2.05, 4.69) is 14.2 Å². The van der Waals surface area contributed by atoms with Crippen LogP contribution in [0.25, 0.3) is 0 Å². The van der Waals surface area contributed by atoms with E-state index in [1.54, 1.807) is 0 Å². The fraction of sp³-hybridized carbons (Fsp3) is 1.00. The molecule has 0 amide bonds. The van der Waals surface area contributed by atoms with Crippen molar-refractivity contribution in [1.82, 2.24) is 0 Å². The predicted molar refractivity (Wildman–Crippen MR) is 39.8 cm³/mol. The lowest BCUT2D eigenvalue weighted by Crippen LogP contribution is -2.89. The van der Waals surface area contributed by atoms with Crippen molar-refractivity contribution < 1.29 is 40.6 Å². The van der Waals surface area contributed by atoms with Gasteiger partial charge in [0.15, 0.2) is 12.6 Å². The van der Waals surface area contributed by atoms with Crippen molar-refractivity contribution in [2.45, 2.75) is 50.0 Å². The first-order valence-electron chi connectivity index (χ1n) is 4.64. The summed E-state index contributed by atoms with van der Waals surface area (Å²) >= 11 is 0. The summed E-state index contributed by atoms with van der Waals surface area (Å²) in [7, 11) is 0. The number of hydrogen-bond donors (Lipinski definition) is 0. The highest BCUT2D eigenvalue weighted by Gasteiger charge is 3.02. The van der Waals surface area contributed by atoms with Gasteiger partial charge in [-0.05, 0) is 13.8 Å². The summed E-state index contributed by atoms with van der Waals surface area (Å²) in [4.78, 5) is 0. The average molecular weight is 266 g/mol. The fourth-order valence-electron chi connectivity index (χ4n) is 1.86. The van der Waals surface area contributed by atoms with Crippen molar-refractivity contribution in [3.05, 3.63) is 0 Å². The predicted octanol–water partition coefficient (Wildman–Crippen LogP) is 2.36. The smallest absolute Gasteiger partial charge is 0.324 e. The first-order valence-corrected chi connectivity index (χ1v) is 4.64. The van der Waals surface area contributed by atoms with Gasteiger partial charge in [0.2, 0.25) is 0 Å². The summed E-state index contributed by atoms with van der Waals surface area (Å²) in [6, 6.07) is 0. The van der Waals surface area contributed by atoms with Crippen molar-refractivity contribution in [3.8, 4) is 0 Å². The fourth-order valence-corrected chi connectivity index (χ4v) is 1.86. The van der Waals surface area contributed by atoms with Crippen molar-refractivity contribution in [2.24, 2.45) is 0 Å². The molecular formula is C8H8F6O3. The van der Waals surface area contributed by atoms with Gasteiger partial charge in [-0.15, -0.1) is 0 Å². The lowest BCUT2D eigenvalue weighted by atomic mass is 9.76. The van der Waals surface area contributed by atoms with Gasteiger partial charge >= 0.3 is 23.6 Å². The SMILES string of the molecule is CC1OC(C)OC2(O1)C(F)(F)C(F)(F)C2(F)F.